The minimum Gasteiger partial charge on any atom is -0.492 e. The first kappa shape index (κ1) is 22.7. The van der Waals surface area contributed by atoms with Crippen molar-refractivity contribution >= 4 is 21.6 Å². The number of rotatable bonds is 10. The molecule has 1 aliphatic heterocycles. The molecule has 0 spiro atoms. The van der Waals surface area contributed by atoms with Crippen LogP contribution < -0.4 is 23.8 Å². The summed E-state index contributed by atoms with van der Waals surface area (Å²) in [6, 6.07) is 14.4. The molecule has 0 aliphatic carbocycles. The van der Waals surface area contributed by atoms with Gasteiger partial charge in [0.25, 0.3) is 0 Å². The van der Waals surface area contributed by atoms with E-state index in [1.54, 1.807) is 24.3 Å². The van der Waals surface area contributed by atoms with E-state index in [-0.39, 0.29) is 25.0 Å². The highest BCUT2D eigenvalue weighted by molar-refractivity contribution is 7.92. The normalized spacial score (nSPS) is 15.2. The number of sulfonamides is 1. The van der Waals surface area contributed by atoms with Crippen molar-refractivity contribution in [2.45, 2.75) is 25.9 Å². The molecule has 31 heavy (non-hydrogen) atoms. The number of nitrogens with zero attached hydrogens (tertiary/aromatic N) is 1. The van der Waals surface area contributed by atoms with Gasteiger partial charge < -0.3 is 19.5 Å². The number of amides is 1. The van der Waals surface area contributed by atoms with Crippen molar-refractivity contribution in [3.63, 3.8) is 0 Å². The van der Waals surface area contributed by atoms with E-state index in [1.165, 1.54) is 4.31 Å². The van der Waals surface area contributed by atoms with Crippen LogP contribution in [0.4, 0.5) is 5.69 Å². The van der Waals surface area contributed by atoms with E-state index in [0.717, 1.165) is 6.26 Å². The van der Waals surface area contributed by atoms with Crippen LogP contribution in [0.25, 0.3) is 0 Å². The van der Waals surface area contributed by atoms with E-state index < -0.39 is 10.0 Å². The van der Waals surface area contributed by atoms with E-state index in [9.17, 15) is 13.2 Å². The fraction of sp³-hybridized carbons (Fsp3) is 0.409. The zero-order valence-corrected chi connectivity index (χ0v) is 18.6. The fourth-order valence-corrected chi connectivity index (χ4v) is 4.24. The average Bonchev–Trinajstić information content (AvgIpc) is 2.75. The van der Waals surface area contributed by atoms with Crippen molar-refractivity contribution in [3.8, 4) is 17.2 Å². The van der Waals surface area contributed by atoms with E-state index in [4.69, 9.17) is 14.2 Å². The van der Waals surface area contributed by atoms with Gasteiger partial charge in [-0.05, 0) is 37.6 Å². The summed E-state index contributed by atoms with van der Waals surface area (Å²) in [5.74, 6) is 1.67. The molecule has 1 amide bonds. The summed E-state index contributed by atoms with van der Waals surface area (Å²) in [6.45, 7) is 3.11. The summed E-state index contributed by atoms with van der Waals surface area (Å²) < 4.78 is 43.0. The summed E-state index contributed by atoms with van der Waals surface area (Å²) in [6.07, 6.45) is 1.43. The SMILES string of the molecule is CCOc1ccccc1N(CCCC(=O)NCC1COc2ccccc2O1)S(C)(=O)=O. The fourth-order valence-electron chi connectivity index (χ4n) is 3.27. The van der Waals surface area contributed by atoms with Gasteiger partial charge in [0, 0.05) is 13.0 Å². The molecule has 0 fully saturated rings. The van der Waals surface area contributed by atoms with Gasteiger partial charge in [0.15, 0.2) is 11.5 Å². The van der Waals surface area contributed by atoms with Crippen molar-refractivity contribution in [1.29, 1.82) is 0 Å². The molecule has 0 aromatic heterocycles. The van der Waals surface area contributed by atoms with E-state index in [1.807, 2.05) is 31.2 Å². The lowest BCUT2D eigenvalue weighted by atomic mass is 10.2. The Kier molecular flexibility index (Phi) is 7.62. The molecule has 1 aliphatic rings. The quantitative estimate of drug-likeness (QED) is 0.600. The second kappa shape index (κ2) is 10.4. The minimum atomic E-state index is -3.53. The summed E-state index contributed by atoms with van der Waals surface area (Å²) in [5, 5.41) is 2.83. The predicted molar refractivity (Wildman–Crippen MR) is 118 cm³/mol. The highest BCUT2D eigenvalue weighted by Crippen LogP contribution is 2.31. The largest absolute Gasteiger partial charge is 0.492 e. The van der Waals surface area contributed by atoms with E-state index >= 15 is 0 Å². The van der Waals surface area contributed by atoms with Crippen LogP contribution in [0.15, 0.2) is 48.5 Å². The van der Waals surface area contributed by atoms with Crippen LogP contribution in [-0.4, -0.2) is 53.0 Å². The van der Waals surface area contributed by atoms with Crippen LogP contribution in [0.1, 0.15) is 19.8 Å². The molecule has 0 bridgehead atoms. The molecule has 8 nitrogen and oxygen atoms in total. The number of para-hydroxylation sites is 4. The smallest absolute Gasteiger partial charge is 0.232 e. The minimum absolute atomic E-state index is 0.172. The molecule has 1 atom stereocenters. The summed E-state index contributed by atoms with van der Waals surface area (Å²) >= 11 is 0. The van der Waals surface area contributed by atoms with Gasteiger partial charge in [-0.15, -0.1) is 0 Å². The number of hydrogen-bond acceptors (Lipinski definition) is 6. The molecule has 1 unspecified atom stereocenters. The molecule has 1 N–H and O–H groups in total. The molecule has 0 radical (unpaired) electrons. The first-order chi connectivity index (χ1) is 14.9. The van der Waals surface area contributed by atoms with Gasteiger partial charge in [0.1, 0.15) is 18.5 Å². The Bertz CT molecular complexity index is 995. The van der Waals surface area contributed by atoms with Gasteiger partial charge in [0.05, 0.1) is 25.1 Å². The monoisotopic (exact) mass is 448 g/mol. The van der Waals surface area contributed by atoms with Crippen LogP contribution >= 0.6 is 0 Å². The first-order valence-electron chi connectivity index (χ1n) is 10.2. The summed E-state index contributed by atoms with van der Waals surface area (Å²) in [5.41, 5.74) is 0.471. The molecule has 9 heteroatoms. The maximum Gasteiger partial charge on any atom is 0.232 e. The van der Waals surface area contributed by atoms with Crippen molar-refractivity contribution in [2.75, 3.05) is 36.9 Å². The van der Waals surface area contributed by atoms with Gasteiger partial charge in [0.2, 0.25) is 15.9 Å². The first-order valence-corrected chi connectivity index (χ1v) is 12.1. The molecule has 2 aromatic rings. The summed E-state index contributed by atoms with van der Waals surface area (Å²) in [4.78, 5) is 12.3. The molecule has 168 valence electrons. The van der Waals surface area contributed by atoms with Gasteiger partial charge in [-0.2, -0.15) is 0 Å². The second-order valence-electron chi connectivity index (χ2n) is 7.14. The Labute approximate surface area is 183 Å². The van der Waals surface area contributed by atoms with Crippen LogP contribution in [0.2, 0.25) is 0 Å². The van der Waals surface area contributed by atoms with Gasteiger partial charge in [-0.25, -0.2) is 8.42 Å². The molecular weight excluding hydrogens is 420 g/mol. The number of fused-ring (bicyclic) bond motifs is 1. The number of nitrogens with one attached hydrogen (secondary N) is 1. The molecule has 0 saturated heterocycles. The zero-order chi connectivity index (χ0) is 22.3. The number of carbonyl (C=O) groups is 1. The third-order valence-corrected chi connectivity index (χ3v) is 5.87. The maximum atomic E-state index is 12.3. The van der Waals surface area contributed by atoms with Gasteiger partial charge in [-0.3, -0.25) is 9.10 Å². The predicted octanol–water partition coefficient (Wildman–Crippen LogP) is 2.59. The lowest BCUT2D eigenvalue weighted by Gasteiger charge is -2.26. The Morgan fingerprint density at radius 2 is 1.87 bits per heavy atom. The maximum absolute atomic E-state index is 12.3. The Balaban J connectivity index is 1.50. The topological polar surface area (TPSA) is 94.2 Å². The van der Waals surface area contributed by atoms with Crippen molar-refractivity contribution in [2.24, 2.45) is 0 Å². The van der Waals surface area contributed by atoms with Crippen LogP contribution in [0, 0.1) is 0 Å². The standard InChI is InChI=1S/C22H28N2O6S/c1-3-28-19-10-5-4-9-18(19)24(31(2,26)27)14-8-13-22(25)23-15-17-16-29-20-11-6-7-12-21(20)30-17/h4-7,9-12,17H,3,8,13-16H2,1-2H3,(H,23,25). The Morgan fingerprint density at radius 1 is 1.16 bits per heavy atom. The van der Waals surface area contributed by atoms with Crippen LogP contribution in [0.3, 0.4) is 0 Å². The van der Waals surface area contributed by atoms with Gasteiger partial charge in [-0.1, -0.05) is 24.3 Å². The molecule has 2 aromatic carbocycles. The van der Waals surface area contributed by atoms with Crippen molar-refractivity contribution < 1.29 is 27.4 Å². The number of anilines is 1. The van der Waals surface area contributed by atoms with Gasteiger partial charge >= 0.3 is 0 Å². The molecule has 1 heterocycles. The Morgan fingerprint density at radius 3 is 2.61 bits per heavy atom. The van der Waals surface area contributed by atoms with Crippen molar-refractivity contribution in [3.05, 3.63) is 48.5 Å². The lowest BCUT2D eigenvalue weighted by molar-refractivity contribution is -0.121. The number of benzene rings is 2. The van der Waals surface area contributed by atoms with E-state index in [0.29, 0.717) is 49.1 Å². The second-order valence-corrected chi connectivity index (χ2v) is 9.05. The molecule has 0 saturated carbocycles. The number of hydrogen-bond donors (Lipinski definition) is 1. The highest BCUT2D eigenvalue weighted by Gasteiger charge is 2.23. The third kappa shape index (κ3) is 6.27. The molecular formula is C22H28N2O6S. The zero-order valence-electron chi connectivity index (χ0n) is 17.7. The Hall–Kier alpha value is -2.94. The molecule has 3 rings (SSSR count). The average molecular weight is 449 g/mol. The van der Waals surface area contributed by atoms with E-state index in [2.05, 4.69) is 5.32 Å². The van der Waals surface area contributed by atoms with Crippen LogP contribution in [0.5, 0.6) is 17.2 Å². The summed E-state index contributed by atoms with van der Waals surface area (Å²) in [7, 11) is -3.53. The third-order valence-electron chi connectivity index (χ3n) is 4.69. The lowest BCUT2D eigenvalue weighted by Crippen LogP contribution is -2.41. The van der Waals surface area contributed by atoms with Crippen LogP contribution in [-0.2, 0) is 14.8 Å². The highest BCUT2D eigenvalue weighted by atomic mass is 32.2. The van der Waals surface area contributed by atoms with Crippen molar-refractivity contribution in [1.82, 2.24) is 5.32 Å². The number of carbonyl (C=O) groups excluding carboxylic acids is 1. The number of ether oxygens (including phenoxy) is 3.